The van der Waals surface area contributed by atoms with Crippen LogP contribution >= 0.6 is 23.7 Å². The van der Waals surface area contributed by atoms with Crippen LogP contribution in [0.15, 0.2) is 34.3 Å². The standard InChI is InChI=1S/C15H17N3O3S.ClH/c16-10-3-1-6-18(9-10)15(20)11-5-8-22-14(11)17-13(19)12-4-2-7-21-12;/h2,4-5,7-8,10H,1,3,6,9,16H2,(H,17,19);1H. The van der Waals surface area contributed by atoms with Crippen LogP contribution in [0.4, 0.5) is 5.00 Å². The van der Waals surface area contributed by atoms with Crippen LogP contribution < -0.4 is 11.1 Å². The number of amides is 2. The highest BCUT2D eigenvalue weighted by molar-refractivity contribution is 7.14. The first kappa shape index (κ1) is 17.5. The van der Waals surface area contributed by atoms with Gasteiger partial charge in [0.25, 0.3) is 11.8 Å². The number of rotatable bonds is 3. The Morgan fingerprint density at radius 3 is 2.91 bits per heavy atom. The van der Waals surface area contributed by atoms with E-state index in [2.05, 4.69) is 5.32 Å². The zero-order valence-electron chi connectivity index (χ0n) is 12.4. The van der Waals surface area contributed by atoms with Crippen molar-refractivity contribution in [1.29, 1.82) is 0 Å². The van der Waals surface area contributed by atoms with E-state index < -0.39 is 0 Å². The van der Waals surface area contributed by atoms with E-state index in [1.807, 2.05) is 0 Å². The van der Waals surface area contributed by atoms with Crippen LogP contribution in [-0.4, -0.2) is 35.8 Å². The molecule has 3 heterocycles. The van der Waals surface area contributed by atoms with Crippen molar-refractivity contribution in [2.24, 2.45) is 5.73 Å². The summed E-state index contributed by atoms with van der Waals surface area (Å²) in [5, 5.41) is 5.05. The predicted octanol–water partition coefficient (Wildman–Crippen LogP) is 2.58. The fourth-order valence-corrected chi connectivity index (χ4v) is 3.29. The summed E-state index contributed by atoms with van der Waals surface area (Å²) in [6.07, 6.45) is 3.28. The second-order valence-electron chi connectivity index (χ2n) is 5.25. The van der Waals surface area contributed by atoms with Gasteiger partial charge in [-0.25, -0.2) is 0 Å². The molecule has 2 aromatic heterocycles. The molecule has 8 heteroatoms. The number of carbonyl (C=O) groups excluding carboxylic acids is 2. The van der Waals surface area contributed by atoms with Gasteiger partial charge in [0.1, 0.15) is 5.00 Å². The van der Waals surface area contributed by atoms with Gasteiger partial charge in [-0.2, -0.15) is 0 Å². The average Bonchev–Trinajstić information content (AvgIpc) is 3.18. The maximum absolute atomic E-state index is 12.6. The van der Waals surface area contributed by atoms with Crippen LogP contribution in [0.1, 0.15) is 33.8 Å². The molecule has 3 N–H and O–H groups in total. The molecule has 124 valence electrons. The molecule has 1 aliphatic heterocycles. The van der Waals surface area contributed by atoms with Gasteiger partial charge in [0, 0.05) is 19.1 Å². The van der Waals surface area contributed by atoms with Crippen molar-refractivity contribution in [3.63, 3.8) is 0 Å². The van der Waals surface area contributed by atoms with Gasteiger partial charge in [-0.3, -0.25) is 9.59 Å². The van der Waals surface area contributed by atoms with E-state index in [4.69, 9.17) is 10.2 Å². The third kappa shape index (κ3) is 3.93. The molecular formula is C15H18ClN3O3S. The Bertz CT molecular complexity index is 671. The summed E-state index contributed by atoms with van der Waals surface area (Å²) in [5.74, 6) is -0.241. The number of nitrogens with two attached hydrogens (primary N) is 1. The normalized spacial score (nSPS) is 17.4. The number of anilines is 1. The molecule has 0 saturated carbocycles. The van der Waals surface area contributed by atoms with Gasteiger partial charge in [0.15, 0.2) is 5.76 Å². The molecule has 2 aromatic rings. The van der Waals surface area contributed by atoms with Gasteiger partial charge in [0.05, 0.1) is 11.8 Å². The van der Waals surface area contributed by atoms with Crippen molar-refractivity contribution in [2.45, 2.75) is 18.9 Å². The molecule has 3 rings (SSSR count). The molecule has 1 saturated heterocycles. The van der Waals surface area contributed by atoms with Crippen LogP contribution in [0.5, 0.6) is 0 Å². The minimum Gasteiger partial charge on any atom is -0.459 e. The molecule has 2 amide bonds. The lowest BCUT2D eigenvalue weighted by Gasteiger charge is -2.30. The third-order valence-corrected chi connectivity index (χ3v) is 4.44. The number of halogens is 1. The predicted molar refractivity (Wildman–Crippen MR) is 91.3 cm³/mol. The summed E-state index contributed by atoms with van der Waals surface area (Å²) in [5.41, 5.74) is 6.42. The molecule has 1 unspecified atom stereocenters. The molecule has 6 nitrogen and oxygen atoms in total. The lowest BCUT2D eigenvalue weighted by atomic mass is 10.1. The third-order valence-electron chi connectivity index (χ3n) is 3.61. The van der Waals surface area contributed by atoms with Gasteiger partial charge in [-0.05, 0) is 36.4 Å². The maximum atomic E-state index is 12.6. The monoisotopic (exact) mass is 355 g/mol. The first-order chi connectivity index (χ1) is 10.6. The smallest absolute Gasteiger partial charge is 0.291 e. The SMILES string of the molecule is Cl.NC1CCCN(C(=O)c2ccsc2NC(=O)c2ccco2)C1. The van der Waals surface area contributed by atoms with Crippen LogP contribution in [0.3, 0.4) is 0 Å². The van der Waals surface area contributed by atoms with E-state index >= 15 is 0 Å². The molecule has 0 bridgehead atoms. The minimum absolute atomic E-state index is 0. The Kier molecular flexibility index (Phi) is 5.81. The van der Waals surface area contributed by atoms with E-state index in [0.717, 1.165) is 12.8 Å². The highest BCUT2D eigenvalue weighted by Crippen LogP contribution is 2.26. The molecule has 23 heavy (non-hydrogen) atoms. The fourth-order valence-electron chi connectivity index (χ4n) is 2.51. The fraction of sp³-hybridized carbons (Fsp3) is 0.333. The number of piperidine rings is 1. The zero-order valence-corrected chi connectivity index (χ0v) is 14.0. The van der Waals surface area contributed by atoms with Crippen molar-refractivity contribution in [1.82, 2.24) is 4.90 Å². The van der Waals surface area contributed by atoms with E-state index in [-0.39, 0.29) is 36.0 Å². The first-order valence-corrected chi connectivity index (χ1v) is 8.00. The summed E-state index contributed by atoms with van der Waals surface area (Å²) >= 11 is 1.32. The van der Waals surface area contributed by atoms with Crippen molar-refractivity contribution < 1.29 is 14.0 Å². The van der Waals surface area contributed by atoms with E-state index in [1.165, 1.54) is 17.6 Å². The Morgan fingerprint density at radius 1 is 1.39 bits per heavy atom. The Labute approximate surface area is 144 Å². The van der Waals surface area contributed by atoms with Gasteiger partial charge >= 0.3 is 0 Å². The molecule has 0 spiro atoms. The van der Waals surface area contributed by atoms with Gasteiger partial charge in [-0.15, -0.1) is 23.7 Å². The number of carbonyl (C=O) groups is 2. The molecule has 1 fully saturated rings. The Morgan fingerprint density at radius 2 is 2.22 bits per heavy atom. The second kappa shape index (κ2) is 7.63. The number of furan rings is 1. The van der Waals surface area contributed by atoms with Crippen molar-refractivity contribution in [2.75, 3.05) is 18.4 Å². The summed E-state index contributed by atoms with van der Waals surface area (Å²) in [6.45, 7) is 1.26. The minimum atomic E-state index is -0.364. The lowest BCUT2D eigenvalue weighted by Crippen LogP contribution is -2.45. The van der Waals surface area contributed by atoms with Gasteiger partial charge < -0.3 is 20.4 Å². The molecule has 0 aliphatic carbocycles. The summed E-state index contributed by atoms with van der Waals surface area (Å²) < 4.78 is 5.06. The second-order valence-corrected chi connectivity index (χ2v) is 6.16. The van der Waals surface area contributed by atoms with Gasteiger partial charge in [-0.1, -0.05) is 0 Å². The van der Waals surface area contributed by atoms with E-state index in [0.29, 0.717) is 23.7 Å². The zero-order chi connectivity index (χ0) is 15.5. The van der Waals surface area contributed by atoms with Crippen molar-refractivity contribution >= 4 is 40.6 Å². The van der Waals surface area contributed by atoms with Crippen LogP contribution in [0.2, 0.25) is 0 Å². The number of thiophene rings is 1. The molecule has 1 atom stereocenters. The maximum Gasteiger partial charge on any atom is 0.291 e. The number of nitrogens with one attached hydrogen (secondary N) is 1. The van der Waals surface area contributed by atoms with Crippen LogP contribution in [-0.2, 0) is 0 Å². The first-order valence-electron chi connectivity index (χ1n) is 7.12. The Balaban J connectivity index is 0.00000192. The number of hydrogen-bond acceptors (Lipinski definition) is 5. The summed E-state index contributed by atoms with van der Waals surface area (Å²) in [7, 11) is 0. The van der Waals surface area contributed by atoms with Crippen LogP contribution in [0.25, 0.3) is 0 Å². The molecule has 0 radical (unpaired) electrons. The summed E-state index contributed by atoms with van der Waals surface area (Å²) in [4.78, 5) is 26.4. The molecular weight excluding hydrogens is 338 g/mol. The lowest BCUT2D eigenvalue weighted by molar-refractivity contribution is 0.0710. The van der Waals surface area contributed by atoms with E-state index in [9.17, 15) is 9.59 Å². The topological polar surface area (TPSA) is 88.6 Å². The highest BCUT2D eigenvalue weighted by Gasteiger charge is 2.25. The number of nitrogens with zero attached hydrogens (tertiary/aromatic N) is 1. The van der Waals surface area contributed by atoms with E-state index in [1.54, 1.807) is 28.5 Å². The average molecular weight is 356 g/mol. The summed E-state index contributed by atoms with van der Waals surface area (Å²) in [6, 6.07) is 4.97. The van der Waals surface area contributed by atoms with Crippen molar-refractivity contribution in [3.8, 4) is 0 Å². The van der Waals surface area contributed by atoms with Crippen molar-refractivity contribution in [3.05, 3.63) is 41.2 Å². The quantitative estimate of drug-likeness (QED) is 0.885. The highest BCUT2D eigenvalue weighted by atomic mass is 35.5. The largest absolute Gasteiger partial charge is 0.459 e. The van der Waals surface area contributed by atoms with Crippen LogP contribution in [0, 0.1) is 0 Å². The Hall–Kier alpha value is -1.83. The van der Waals surface area contributed by atoms with Gasteiger partial charge in [0.2, 0.25) is 0 Å². The number of hydrogen-bond donors (Lipinski definition) is 2. The molecule has 0 aromatic carbocycles. The molecule has 1 aliphatic rings. The number of likely N-dealkylation sites (tertiary alicyclic amines) is 1.